The number of unbranched alkanes of at least 4 members (excludes halogenated alkanes) is 2. The van der Waals surface area contributed by atoms with Crippen LogP contribution in [0.5, 0.6) is 5.75 Å². The van der Waals surface area contributed by atoms with E-state index in [1.807, 2.05) is 6.92 Å². The van der Waals surface area contributed by atoms with Crippen LogP contribution >= 0.6 is 11.3 Å². The maximum Gasteiger partial charge on any atom is 0.422 e. The van der Waals surface area contributed by atoms with Crippen molar-refractivity contribution < 1.29 is 31.1 Å². The Bertz CT molecular complexity index is 895. The molecular weight excluding hydrogens is 405 g/mol. The predicted octanol–water partition coefficient (Wildman–Crippen LogP) is 3.78. The number of benzene rings is 1. The summed E-state index contributed by atoms with van der Waals surface area (Å²) >= 11 is 1.02. The van der Waals surface area contributed by atoms with Gasteiger partial charge >= 0.3 is 6.18 Å². The number of amides is 1. The van der Waals surface area contributed by atoms with Gasteiger partial charge < -0.3 is 10.1 Å². The van der Waals surface area contributed by atoms with E-state index in [1.165, 1.54) is 18.2 Å². The van der Waals surface area contributed by atoms with Crippen LogP contribution < -0.4 is 10.1 Å². The van der Waals surface area contributed by atoms with Crippen LogP contribution in [0.25, 0.3) is 10.2 Å². The molecule has 1 N–H and O–H groups in total. The maximum atomic E-state index is 12.2. The zero-order chi connectivity index (χ0) is 20.1. The summed E-state index contributed by atoms with van der Waals surface area (Å²) in [5, 5.41) is 2.59. The number of sulfone groups is 1. The van der Waals surface area contributed by atoms with E-state index in [-0.39, 0.29) is 16.6 Å². The SMILES string of the molecule is CCCCCS(=O)(=O)CC(=O)Nc1nc2ccc(OCC(F)(F)F)cc2s1. The van der Waals surface area contributed by atoms with Crippen LogP contribution in [0, 0.1) is 0 Å². The van der Waals surface area contributed by atoms with Crippen molar-refractivity contribution in [1.29, 1.82) is 0 Å². The van der Waals surface area contributed by atoms with Gasteiger partial charge in [0.15, 0.2) is 21.6 Å². The second-order valence-corrected chi connectivity index (χ2v) is 9.11. The fourth-order valence-electron chi connectivity index (χ4n) is 2.21. The molecule has 0 fully saturated rings. The zero-order valence-corrected chi connectivity index (χ0v) is 16.1. The molecule has 27 heavy (non-hydrogen) atoms. The smallest absolute Gasteiger partial charge is 0.422 e. The van der Waals surface area contributed by atoms with Gasteiger partial charge in [-0.25, -0.2) is 13.4 Å². The van der Waals surface area contributed by atoms with E-state index in [0.29, 0.717) is 16.6 Å². The molecule has 0 saturated carbocycles. The van der Waals surface area contributed by atoms with Crippen LogP contribution in [-0.2, 0) is 14.6 Å². The quantitative estimate of drug-likeness (QED) is 0.619. The van der Waals surface area contributed by atoms with Crippen molar-refractivity contribution in [3.05, 3.63) is 18.2 Å². The van der Waals surface area contributed by atoms with E-state index in [1.54, 1.807) is 0 Å². The highest BCUT2D eigenvalue weighted by Crippen LogP contribution is 2.30. The summed E-state index contributed by atoms with van der Waals surface area (Å²) < 4.78 is 65.6. The second-order valence-electron chi connectivity index (χ2n) is 5.90. The number of halogens is 3. The summed E-state index contributed by atoms with van der Waals surface area (Å²) in [5.41, 5.74) is 0.459. The highest BCUT2D eigenvalue weighted by molar-refractivity contribution is 7.92. The Labute approximate surface area is 158 Å². The number of aromatic nitrogens is 1. The lowest BCUT2D eigenvalue weighted by Gasteiger charge is -2.08. The molecule has 1 heterocycles. The van der Waals surface area contributed by atoms with Crippen molar-refractivity contribution in [1.82, 2.24) is 4.98 Å². The molecule has 2 rings (SSSR count). The molecular formula is C16H19F3N2O4S2. The van der Waals surface area contributed by atoms with Crippen LogP contribution in [0.4, 0.5) is 18.3 Å². The van der Waals surface area contributed by atoms with E-state index >= 15 is 0 Å². The molecule has 0 aliphatic carbocycles. The number of hydrogen-bond acceptors (Lipinski definition) is 6. The van der Waals surface area contributed by atoms with Crippen molar-refractivity contribution in [3.8, 4) is 5.75 Å². The minimum Gasteiger partial charge on any atom is -0.484 e. The molecule has 0 atom stereocenters. The van der Waals surface area contributed by atoms with Gasteiger partial charge in [-0.1, -0.05) is 31.1 Å². The predicted molar refractivity (Wildman–Crippen MR) is 98.0 cm³/mol. The highest BCUT2D eigenvalue weighted by atomic mass is 32.2. The third-order valence-electron chi connectivity index (χ3n) is 3.42. The highest BCUT2D eigenvalue weighted by Gasteiger charge is 2.28. The summed E-state index contributed by atoms with van der Waals surface area (Å²) in [6.07, 6.45) is -2.28. The fraction of sp³-hybridized carbons (Fsp3) is 0.500. The lowest BCUT2D eigenvalue weighted by molar-refractivity contribution is -0.153. The Balaban J connectivity index is 1.99. The molecule has 0 saturated heterocycles. The largest absolute Gasteiger partial charge is 0.484 e. The molecule has 0 aliphatic rings. The third-order valence-corrected chi connectivity index (χ3v) is 5.96. The maximum absolute atomic E-state index is 12.2. The number of nitrogens with one attached hydrogen (secondary N) is 1. The molecule has 0 unspecified atom stereocenters. The average Bonchev–Trinajstić information content (AvgIpc) is 2.92. The van der Waals surface area contributed by atoms with Gasteiger partial charge in [0.25, 0.3) is 0 Å². The van der Waals surface area contributed by atoms with Crippen molar-refractivity contribution in [2.24, 2.45) is 0 Å². The van der Waals surface area contributed by atoms with Crippen molar-refractivity contribution in [2.45, 2.75) is 32.4 Å². The first-order valence-corrected chi connectivity index (χ1v) is 10.8. The number of anilines is 1. The monoisotopic (exact) mass is 424 g/mol. The van der Waals surface area contributed by atoms with Crippen LogP contribution in [0.1, 0.15) is 26.2 Å². The Morgan fingerprint density at radius 1 is 1.30 bits per heavy atom. The number of thiazole rings is 1. The van der Waals surface area contributed by atoms with Gasteiger partial charge in [-0.05, 0) is 24.6 Å². The Morgan fingerprint density at radius 3 is 2.70 bits per heavy atom. The first-order valence-electron chi connectivity index (χ1n) is 8.18. The first kappa shape index (κ1) is 21.4. The van der Waals surface area contributed by atoms with Crippen LogP contribution in [0.2, 0.25) is 0 Å². The third kappa shape index (κ3) is 7.33. The Morgan fingerprint density at radius 2 is 2.04 bits per heavy atom. The van der Waals surface area contributed by atoms with E-state index in [2.05, 4.69) is 15.0 Å². The molecule has 1 aromatic heterocycles. The first-order chi connectivity index (χ1) is 12.6. The van der Waals surface area contributed by atoms with Gasteiger partial charge in [-0.3, -0.25) is 4.79 Å². The number of ether oxygens (including phenoxy) is 1. The van der Waals surface area contributed by atoms with E-state index in [9.17, 15) is 26.4 Å². The number of hydrogen-bond donors (Lipinski definition) is 1. The minimum atomic E-state index is -4.44. The summed E-state index contributed by atoms with van der Waals surface area (Å²) in [6, 6.07) is 4.20. The molecule has 11 heteroatoms. The second kappa shape index (κ2) is 8.87. The number of carbonyl (C=O) groups excluding carboxylic acids is 1. The number of fused-ring (bicyclic) bond motifs is 1. The number of rotatable bonds is 9. The molecule has 0 bridgehead atoms. The molecule has 1 amide bonds. The van der Waals surface area contributed by atoms with E-state index in [0.717, 1.165) is 24.2 Å². The van der Waals surface area contributed by atoms with E-state index < -0.39 is 34.3 Å². The zero-order valence-electron chi connectivity index (χ0n) is 14.5. The standard InChI is InChI=1S/C16H19F3N2O4S2/c1-2-3-4-7-27(23,24)9-14(22)21-15-20-12-6-5-11(8-13(12)26-15)25-10-16(17,18)19/h5-6,8H,2-4,7,9-10H2,1H3,(H,20,21,22). The van der Waals surface area contributed by atoms with Crippen LogP contribution in [-0.4, -0.2) is 43.6 Å². The summed E-state index contributed by atoms with van der Waals surface area (Å²) in [4.78, 5) is 16.1. The van der Waals surface area contributed by atoms with Crippen molar-refractivity contribution >= 4 is 42.4 Å². The number of alkyl halides is 3. The van der Waals surface area contributed by atoms with Gasteiger partial charge in [0, 0.05) is 0 Å². The topological polar surface area (TPSA) is 85.4 Å². The Hall–Kier alpha value is -1.88. The lowest BCUT2D eigenvalue weighted by atomic mass is 10.3. The number of carbonyl (C=O) groups is 1. The Kier molecular flexibility index (Phi) is 7.04. The lowest BCUT2D eigenvalue weighted by Crippen LogP contribution is -2.24. The van der Waals surface area contributed by atoms with Crippen LogP contribution in [0.3, 0.4) is 0 Å². The van der Waals surface area contributed by atoms with Gasteiger partial charge in [0.2, 0.25) is 5.91 Å². The molecule has 6 nitrogen and oxygen atoms in total. The van der Waals surface area contributed by atoms with E-state index in [4.69, 9.17) is 0 Å². The minimum absolute atomic E-state index is 0.0276. The molecule has 2 aromatic rings. The van der Waals surface area contributed by atoms with Crippen molar-refractivity contribution in [3.63, 3.8) is 0 Å². The van der Waals surface area contributed by atoms with Gasteiger partial charge in [-0.15, -0.1) is 0 Å². The summed E-state index contributed by atoms with van der Waals surface area (Å²) in [5.74, 6) is -1.35. The molecule has 0 spiro atoms. The fourth-order valence-corrected chi connectivity index (χ4v) is 4.38. The molecule has 150 valence electrons. The van der Waals surface area contributed by atoms with Crippen LogP contribution in [0.15, 0.2) is 18.2 Å². The molecule has 0 aliphatic heterocycles. The average molecular weight is 424 g/mol. The van der Waals surface area contributed by atoms with Gasteiger partial charge in [0.1, 0.15) is 11.5 Å². The normalized spacial score (nSPS) is 12.3. The summed E-state index contributed by atoms with van der Waals surface area (Å²) in [7, 11) is -3.49. The number of nitrogens with zero attached hydrogens (tertiary/aromatic N) is 1. The summed E-state index contributed by atoms with van der Waals surface area (Å²) in [6.45, 7) is 0.544. The van der Waals surface area contributed by atoms with Crippen molar-refractivity contribution in [2.75, 3.05) is 23.4 Å². The molecule has 1 aromatic carbocycles. The van der Waals surface area contributed by atoms with Gasteiger partial charge in [0.05, 0.1) is 16.0 Å². The van der Waals surface area contributed by atoms with Gasteiger partial charge in [-0.2, -0.15) is 13.2 Å². The molecule has 0 radical (unpaired) electrons.